The summed E-state index contributed by atoms with van der Waals surface area (Å²) >= 11 is 1.79. The number of nitrogens with zero attached hydrogens (tertiary/aromatic N) is 3. The van der Waals surface area contributed by atoms with Crippen molar-refractivity contribution < 1.29 is 9.53 Å². The Kier molecular flexibility index (Phi) is 6.35. The highest BCUT2D eigenvalue weighted by Gasteiger charge is 2.25. The first-order valence-electron chi connectivity index (χ1n) is 10.5. The van der Waals surface area contributed by atoms with Crippen molar-refractivity contribution in [1.29, 1.82) is 0 Å². The Morgan fingerprint density at radius 2 is 2.03 bits per heavy atom. The van der Waals surface area contributed by atoms with E-state index < -0.39 is 0 Å². The van der Waals surface area contributed by atoms with E-state index in [4.69, 9.17) is 9.72 Å². The molecule has 0 N–H and O–H groups in total. The third-order valence-electron chi connectivity index (χ3n) is 5.65. The summed E-state index contributed by atoms with van der Waals surface area (Å²) in [5, 5.41) is 1.13. The average Bonchev–Trinajstić information content (AvgIpc) is 3.12. The molecular weight excluding hydrogens is 394 g/mol. The molecule has 4 rings (SSSR count). The molecule has 158 valence electrons. The van der Waals surface area contributed by atoms with Crippen LogP contribution in [0.5, 0.6) is 5.75 Å². The Bertz CT molecular complexity index is 1030. The van der Waals surface area contributed by atoms with Gasteiger partial charge in [0.05, 0.1) is 10.2 Å². The summed E-state index contributed by atoms with van der Waals surface area (Å²) < 4.78 is 7.27. The lowest BCUT2D eigenvalue weighted by atomic mass is 10.1. The number of carbonyl (C=O) groups excluding carboxylic acids is 1. The van der Waals surface area contributed by atoms with Crippen molar-refractivity contribution in [3.8, 4) is 5.75 Å². The Morgan fingerprint density at radius 1 is 1.17 bits per heavy atom. The Hall–Kier alpha value is -2.44. The third-order valence-corrected chi connectivity index (χ3v) is 6.72. The molecule has 0 bridgehead atoms. The molecule has 30 heavy (non-hydrogen) atoms. The van der Waals surface area contributed by atoms with Gasteiger partial charge in [-0.15, -0.1) is 0 Å². The molecule has 0 aliphatic carbocycles. The van der Waals surface area contributed by atoms with Gasteiger partial charge in [0.15, 0.2) is 5.13 Å². The van der Waals surface area contributed by atoms with Gasteiger partial charge in [-0.1, -0.05) is 23.5 Å². The van der Waals surface area contributed by atoms with Crippen LogP contribution in [0.25, 0.3) is 10.2 Å². The van der Waals surface area contributed by atoms with Crippen LogP contribution in [-0.2, 0) is 11.2 Å². The number of aryl methyl sites for hydroxylation is 2. The van der Waals surface area contributed by atoms with Gasteiger partial charge in [-0.25, -0.2) is 4.98 Å². The van der Waals surface area contributed by atoms with Crippen molar-refractivity contribution in [2.24, 2.45) is 0 Å². The van der Waals surface area contributed by atoms with Gasteiger partial charge in [0, 0.05) is 38.6 Å². The molecule has 2 aromatic carbocycles. The summed E-state index contributed by atoms with van der Waals surface area (Å²) in [7, 11) is 0. The molecule has 6 heteroatoms. The molecule has 1 saturated heterocycles. The molecule has 1 fully saturated rings. The summed E-state index contributed by atoms with van der Waals surface area (Å²) in [6, 6.07) is 12.9. The first-order chi connectivity index (χ1) is 14.5. The molecule has 3 aromatic rings. The van der Waals surface area contributed by atoms with Crippen LogP contribution in [0, 0.1) is 13.8 Å². The van der Waals surface area contributed by atoms with Crippen molar-refractivity contribution >= 4 is 33.0 Å². The number of anilines is 1. The number of hydrogen-bond acceptors (Lipinski definition) is 6. The van der Waals surface area contributed by atoms with Gasteiger partial charge in [-0.05, 0) is 61.7 Å². The second kappa shape index (κ2) is 9.14. The fraction of sp³-hybridized carbons (Fsp3) is 0.417. The van der Waals surface area contributed by atoms with Crippen molar-refractivity contribution in [3.05, 3.63) is 53.1 Å². The SMILES string of the molecule is Cc1cc(CC=O)cc(OCCN2CCN(c3nc4ccc(C)cc4s3)C[C@@H]2C)c1. The Labute approximate surface area is 182 Å². The summed E-state index contributed by atoms with van der Waals surface area (Å²) in [5.41, 5.74) is 4.50. The standard InChI is InChI=1S/C24H29N3O2S/c1-17-4-5-22-23(14-17)30-24(25-22)27-8-7-26(19(3)16-27)9-11-29-21-13-18(2)12-20(15-21)6-10-28/h4-5,10,12-15,19H,6-9,11,16H2,1-3H3/t19-/m0/s1. The average molecular weight is 424 g/mol. The third kappa shape index (κ3) is 4.82. The van der Waals surface area contributed by atoms with Crippen molar-refractivity contribution in [2.75, 3.05) is 37.7 Å². The molecule has 0 unspecified atom stereocenters. The van der Waals surface area contributed by atoms with Crippen LogP contribution in [-0.4, -0.2) is 55.0 Å². The minimum atomic E-state index is 0.433. The summed E-state index contributed by atoms with van der Waals surface area (Å²) in [6.45, 7) is 10.9. The first-order valence-corrected chi connectivity index (χ1v) is 11.4. The lowest BCUT2D eigenvalue weighted by Gasteiger charge is -2.39. The monoisotopic (exact) mass is 423 g/mol. The lowest BCUT2D eigenvalue weighted by molar-refractivity contribution is -0.107. The van der Waals surface area contributed by atoms with Crippen molar-refractivity contribution in [3.63, 3.8) is 0 Å². The molecule has 1 aromatic heterocycles. The predicted octanol–water partition coefficient (Wildman–Crippen LogP) is 4.24. The minimum Gasteiger partial charge on any atom is -0.492 e. The fourth-order valence-corrected chi connectivity index (χ4v) is 5.16. The number of fused-ring (bicyclic) bond motifs is 1. The highest BCUT2D eigenvalue weighted by atomic mass is 32.1. The highest BCUT2D eigenvalue weighted by Crippen LogP contribution is 2.30. The number of benzene rings is 2. The molecule has 0 amide bonds. The molecule has 0 saturated carbocycles. The van der Waals surface area contributed by atoms with E-state index in [9.17, 15) is 4.79 Å². The van der Waals surface area contributed by atoms with Crippen LogP contribution in [0.1, 0.15) is 23.6 Å². The number of hydrogen-bond donors (Lipinski definition) is 0. The molecule has 1 atom stereocenters. The van der Waals surface area contributed by atoms with Gasteiger partial charge in [-0.3, -0.25) is 4.90 Å². The van der Waals surface area contributed by atoms with E-state index in [2.05, 4.69) is 41.8 Å². The predicted molar refractivity (Wildman–Crippen MR) is 124 cm³/mol. The molecule has 2 heterocycles. The van der Waals surface area contributed by atoms with Crippen LogP contribution in [0.2, 0.25) is 0 Å². The van der Waals surface area contributed by atoms with Gasteiger partial charge >= 0.3 is 0 Å². The minimum absolute atomic E-state index is 0.433. The quantitative estimate of drug-likeness (QED) is 0.532. The molecular formula is C24H29N3O2S. The summed E-state index contributed by atoms with van der Waals surface area (Å²) in [6.07, 6.45) is 1.37. The number of aromatic nitrogens is 1. The van der Waals surface area contributed by atoms with E-state index in [1.165, 1.54) is 10.3 Å². The maximum Gasteiger partial charge on any atom is 0.186 e. The van der Waals surface area contributed by atoms with Gasteiger partial charge in [0.1, 0.15) is 18.6 Å². The maximum atomic E-state index is 10.8. The first kappa shape index (κ1) is 20.8. The molecule has 1 aliphatic rings. The van der Waals surface area contributed by atoms with E-state index in [1.54, 1.807) is 11.3 Å². The number of thiazole rings is 1. The second-order valence-corrected chi connectivity index (χ2v) is 9.18. The van der Waals surface area contributed by atoms with Crippen molar-refractivity contribution in [1.82, 2.24) is 9.88 Å². The maximum absolute atomic E-state index is 10.8. The van der Waals surface area contributed by atoms with Crippen LogP contribution in [0.3, 0.4) is 0 Å². The van der Waals surface area contributed by atoms with E-state index in [0.717, 1.165) is 60.0 Å². The molecule has 0 spiro atoms. The number of carbonyl (C=O) groups is 1. The van der Waals surface area contributed by atoms with Crippen LogP contribution >= 0.6 is 11.3 Å². The van der Waals surface area contributed by atoms with E-state index in [1.807, 2.05) is 25.1 Å². The zero-order valence-electron chi connectivity index (χ0n) is 17.9. The van der Waals surface area contributed by atoms with Crippen molar-refractivity contribution in [2.45, 2.75) is 33.2 Å². The molecule has 1 aliphatic heterocycles. The normalized spacial score (nSPS) is 17.4. The van der Waals surface area contributed by atoms with Gasteiger partial charge < -0.3 is 14.4 Å². The molecule has 5 nitrogen and oxygen atoms in total. The van der Waals surface area contributed by atoms with E-state index in [0.29, 0.717) is 19.1 Å². The molecule has 0 radical (unpaired) electrons. The second-order valence-electron chi connectivity index (χ2n) is 8.17. The van der Waals surface area contributed by atoms with Gasteiger partial charge in [0.25, 0.3) is 0 Å². The topological polar surface area (TPSA) is 45.7 Å². The summed E-state index contributed by atoms with van der Waals surface area (Å²) in [4.78, 5) is 20.5. The Morgan fingerprint density at radius 3 is 2.83 bits per heavy atom. The zero-order chi connectivity index (χ0) is 21.1. The number of ether oxygens (including phenoxy) is 1. The van der Waals surface area contributed by atoms with Gasteiger partial charge in [-0.2, -0.15) is 0 Å². The largest absolute Gasteiger partial charge is 0.492 e. The van der Waals surface area contributed by atoms with Crippen LogP contribution in [0.4, 0.5) is 5.13 Å². The van der Waals surface area contributed by atoms with Gasteiger partial charge in [0.2, 0.25) is 0 Å². The number of rotatable bonds is 7. The smallest absolute Gasteiger partial charge is 0.186 e. The highest BCUT2D eigenvalue weighted by molar-refractivity contribution is 7.22. The number of aldehydes is 1. The summed E-state index contributed by atoms with van der Waals surface area (Å²) in [5.74, 6) is 0.850. The van der Waals surface area contributed by atoms with E-state index >= 15 is 0 Å². The van der Waals surface area contributed by atoms with E-state index in [-0.39, 0.29) is 0 Å². The Balaban J connectivity index is 1.32. The lowest BCUT2D eigenvalue weighted by Crippen LogP contribution is -2.52. The zero-order valence-corrected chi connectivity index (χ0v) is 18.7. The number of piperazine rings is 1. The van der Waals surface area contributed by atoms with Crippen LogP contribution in [0.15, 0.2) is 36.4 Å². The van der Waals surface area contributed by atoms with Crippen LogP contribution < -0.4 is 9.64 Å². The fourth-order valence-electron chi connectivity index (χ4n) is 4.06.